The topological polar surface area (TPSA) is 129 Å². The zero-order valence-electron chi connectivity index (χ0n) is 15.6. The Morgan fingerprint density at radius 1 is 0.778 bits per heavy atom. The van der Waals surface area contributed by atoms with Gasteiger partial charge in [-0.2, -0.15) is 0 Å². The molecule has 2 amide bonds. The highest BCUT2D eigenvalue weighted by Crippen LogP contribution is 2.16. The van der Waals surface area contributed by atoms with Gasteiger partial charge in [0.2, 0.25) is 0 Å². The summed E-state index contributed by atoms with van der Waals surface area (Å²) in [6, 6.07) is 0. The van der Waals surface area contributed by atoms with Crippen LogP contribution < -0.4 is 10.6 Å². The molecule has 0 rings (SSSR count). The van der Waals surface area contributed by atoms with Crippen molar-refractivity contribution in [1.29, 1.82) is 0 Å². The summed E-state index contributed by atoms with van der Waals surface area (Å²) in [5, 5.41) is 4.81. The first-order chi connectivity index (χ1) is 12.7. The molecule has 0 aromatic heterocycles. The van der Waals surface area contributed by atoms with Crippen LogP contribution in [0.25, 0.3) is 0 Å². The Morgan fingerprint density at radius 2 is 1.15 bits per heavy atom. The maximum atomic E-state index is 11.5. The third kappa shape index (κ3) is 13.9. The van der Waals surface area contributed by atoms with Crippen molar-refractivity contribution < 1.29 is 38.1 Å². The molecule has 152 valence electrons. The zero-order valence-corrected chi connectivity index (χ0v) is 15.6. The molecule has 0 atom stereocenters. The lowest BCUT2D eigenvalue weighted by atomic mass is 9.96. The third-order valence-electron chi connectivity index (χ3n) is 2.75. The molecule has 27 heavy (non-hydrogen) atoms. The second-order valence-corrected chi connectivity index (χ2v) is 5.91. The average molecular weight is 386 g/mol. The Morgan fingerprint density at radius 3 is 1.48 bits per heavy atom. The molecule has 0 aliphatic rings. The van der Waals surface area contributed by atoms with E-state index in [1.807, 2.05) is 0 Å². The lowest BCUT2D eigenvalue weighted by Crippen LogP contribution is -2.36. The van der Waals surface area contributed by atoms with Crippen LogP contribution in [-0.2, 0) is 28.5 Å². The molecule has 0 radical (unpaired) electrons. The quantitative estimate of drug-likeness (QED) is 0.219. The van der Waals surface area contributed by atoms with E-state index in [4.69, 9.17) is 9.47 Å². The molecule has 0 heterocycles. The standard InChI is InChI=1S/C17H26N2O8/c1-5-13(20)24-9-7-18-15(22)26-11-17(3,4)12-27-16(23)19-8-10-25-14(21)6-2/h5-6H,1-2,7-12H2,3-4H3,(H,18,22)(H,19,23). The summed E-state index contributed by atoms with van der Waals surface area (Å²) in [5.74, 6) is -1.17. The van der Waals surface area contributed by atoms with Crippen LogP contribution in [0.3, 0.4) is 0 Å². The molecule has 0 spiro atoms. The smallest absolute Gasteiger partial charge is 0.407 e. The third-order valence-corrected chi connectivity index (χ3v) is 2.75. The molecule has 0 saturated carbocycles. The molecule has 0 fully saturated rings. The monoisotopic (exact) mass is 386 g/mol. The Balaban J connectivity index is 3.88. The van der Waals surface area contributed by atoms with Gasteiger partial charge >= 0.3 is 24.1 Å². The molecule has 10 heteroatoms. The fourth-order valence-corrected chi connectivity index (χ4v) is 1.39. The van der Waals surface area contributed by atoms with Crippen LogP contribution in [0, 0.1) is 5.41 Å². The van der Waals surface area contributed by atoms with Gasteiger partial charge in [-0.15, -0.1) is 0 Å². The Hall–Kier alpha value is -3.04. The molecule has 10 nitrogen and oxygen atoms in total. The first-order valence-electron chi connectivity index (χ1n) is 8.10. The summed E-state index contributed by atoms with van der Waals surface area (Å²) in [7, 11) is 0. The minimum atomic E-state index is -0.689. The van der Waals surface area contributed by atoms with Crippen molar-refractivity contribution in [1.82, 2.24) is 10.6 Å². The summed E-state index contributed by atoms with van der Waals surface area (Å²) >= 11 is 0. The van der Waals surface area contributed by atoms with Crippen LogP contribution >= 0.6 is 0 Å². The number of carbonyl (C=O) groups is 4. The van der Waals surface area contributed by atoms with Crippen LogP contribution in [0.2, 0.25) is 0 Å². The van der Waals surface area contributed by atoms with E-state index in [0.29, 0.717) is 0 Å². The normalized spacial score (nSPS) is 10.1. The van der Waals surface area contributed by atoms with E-state index < -0.39 is 29.5 Å². The molecule has 0 aromatic rings. The van der Waals surface area contributed by atoms with Crippen molar-refractivity contribution in [3.63, 3.8) is 0 Å². The van der Waals surface area contributed by atoms with Gasteiger partial charge in [0.25, 0.3) is 0 Å². The Labute approximate surface area is 157 Å². The van der Waals surface area contributed by atoms with Crippen molar-refractivity contribution in [2.45, 2.75) is 13.8 Å². The Kier molecular flexibility index (Phi) is 11.7. The molecule has 0 aromatic carbocycles. The average Bonchev–Trinajstić information content (AvgIpc) is 2.65. The van der Waals surface area contributed by atoms with Gasteiger partial charge < -0.3 is 29.6 Å². The van der Waals surface area contributed by atoms with E-state index in [0.717, 1.165) is 12.2 Å². The summed E-state index contributed by atoms with van der Waals surface area (Å²) in [6.07, 6.45) is 0.660. The van der Waals surface area contributed by atoms with Gasteiger partial charge in [-0.05, 0) is 0 Å². The SMILES string of the molecule is C=CC(=O)OCCNC(=O)OCC(C)(C)COC(=O)NCCOC(=O)C=C. The van der Waals surface area contributed by atoms with Crippen LogP contribution in [0.5, 0.6) is 0 Å². The van der Waals surface area contributed by atoms with Gasteiger partial charge in [0.05, 0.1) is 13.1 Å². The van der Waals surface area contributed by atoms with Gasteiger partial charge in [-0.1, -0.05) is 27.0 Å². The van der Waals surface area contributed by atoms with Gasteiger partial charge in [0.1, 0.15) is 26.4 Å². The van der Waals surface area contributed by atoms with Crippen LogP contribution in [0.1, 0.15) is 13.8 Å². The molecule has 0 aliphatic heterocycles. The zero-order chi connectivity index (χ0) is 20.7. The highest BCUT2D eigenvalue weighted by molar-refractivity contribution is 5.81. The number of amides is 2. The van der Waals surface area contributed by atoms with E-state index in [9.17, 15) is 19.2 Å². The molecule has 0 bridgehead atoms. The van der Waals surface area contributed by atoms with Gasteiger partial charge in [-0.3, -0.25) is 0 Å². The van der Waals surface area contributed by atoms with Crippen LogP contribution in [-0.4, -0.2) is 63.6 Å². The molecule has 0 saturated heterocycles. The summed E-state index contributed by atoms with van der Waals surface area (Å²) in [6.45, 7) is 10.1. The highest BCUT2D eigenvalue weighted by Gasteiger charge is 2.23. The Bertz CT molecular complexity index is 499. The van der Waals surface area contributed by atoms with Gasteiger partial charge in [0.15, 0.2) is 0 Å². The lowest BCUT2D eigenvalue weighted by molar-refractivity contribution is -0.138. The van der Waals surface area contributed by atoms with E-state index in [-0.39, 0.29) is 39.5 Å². The molecule has 0 aliphatic carbocycles. The van der Waals surface area contributed by atoms with Crippen LogP contribution in [0.4, 0.5) is 9.59 Å². The molecule has 0 unspecified atom stereocenters. The van der Waals surface area contributed by atoms with E-state index in [2.05, 4.69) is 33.3 Å². The second-order valence-electron chi connectivity index (χ2n) is 5.91. The number of hydrogen-bond donors (Lipinski definition) is 2. The van der Waals surface area contributed by atoms with E-state index in [1.54, 1.807) is 13.8 Å². The molecular weight excluding hydrogens is 360 g/mol. The minimum absolute atomic E-state index is 0.00446. The number of rotatable bonds is 12. The highest BCUT2D eigenvalue weighted by atomic mass is 16.6. The fraction of sp³-hybridized carbons (Fsp3) is 0.529. The van der Waals surface area contributed by atoms with Crippen LogP contribution in [0.15, 0.2) is 25.3 Å². The number of esters is 2. The summed E-state index contributed by atoms with van der Waals surface area (Å²) in [4.78, 5) is 44.7. The predicted molar refractivity (Wildman–Crippen MR) is 94.8 cm³/mol. The molecular formula is C17H26N2O8. The fourth-order valence-electron chi connectivity index (χ4n) is 1.39. The van der Waals surface area contributed by atoms with Crippen molar-refractivity contribution in [2.75, 3.05) is 39.5 Å². The summed E-state index contributed by atoms with van der Waals surface area (Å²) in [5.41, 5.74) is -0.626. The van der Waals surface area contributed by atoms with E-state index >= 15 is 0 Å². The minimum Gasteiger partial charge on any atom is -0.461 e. The lowest BCUT2D eigenvalue weighted by Gasteiger charge is -2.23. The van der Waals surface area contributed by atoms with E-state index in [1.165, 1.54) is 0 Å². The number of ether oxygens (including phenoxy) is 4. The number of hydrogen-bond acceptors (Lipinski definition) is 8. The molecule has 2 N–H and O–H groups in total. The van der Waals surface area contributed by atoms with Crippen molar-refractivity contribution in [3.8, 4) is 0 Å². The second kappa shape index (κ2) is 13.2. The first-order valence-corrected chi connectivity index (χ1v) is 8.10. The van der Waals surface area contributed by atoms with Crippen molar-refractivity contribution in [3.05, 3.63) is 25.3 Å². The van der Waals surface area contributed by atoms with Crippen molar-refractivity contribution >= 4 is 24.1 Å². The first kappa shape index (κ1) is 24.0. The maximum Gasteiger partial charge on any atom is 0.407 e. The number of nitrogens with one attached hydrogen (secondary N) is 2. The number of alkyl carbamates (subject to hydrolysis) is 2. The van der Waals surface area contributed by atoms with Gasteiger partial charge in [-0.25, -0.2) is 19.2 Å². The maximum absolute atomic E-state index is 11.5. The van der Waals surface area contributed by atoms with Gasteiger partial charge in [0, 0.05) is 17.6 Å². The number of carbonyl (C=O) groups excluding carboxylic acids is 4. The summed E-state index contributed by atoms with van der Waals surface area (Å²) < 4.78 is 19.4. The predicted octanol–water partition coefficient (Wildman–Crippen LogP) is 0.923. The largest absolute Gasteiger partial charge is 0.461 e. The van der Waals surface area contributed by atoms with Crippen molar-refractivity contribution in [2.24, 2.45) is 5.41 Å².